The zero-order chi connectivity index (χ0) is 20.5. The number of carbonyl (C=O) groups excluding carboxylic acids is 1. The summed E-state index contributed by atoms with van der Waals surface area (Å²) >= 11 is 1.42. The first kappa shape index (κ1) is 19.1. The third kappa shape index (κ3) is 3.86. The number of carbonyl (C=O) groups is 1. The summed E-state index contributed by atoms with van der Waals surface area (Å²) in [5.74, 6) is -0.430. The van der Waals surface area contributed by atoms with Crippen molar-refractivity contribution in [2.24, 2.45) is 0 Å². The van der Waals surface area contributed by atoms with E-state index in [-0.39, 0.29) is 11.7 Å². The fraction of sp³-hybridized carbons (Fsp3) is 0.182. The second-order valence-electron chi connectivity index (χ2n) is 7.00. The number of halogens is 1. The van der Waals surface area contributed by atoms with Gasteiger partial charge in [0.1, 0.15) is 5.82 Å². The first-order valence-corrected chi connectivity index (χ1v) is 10.1. The number of anilines is 1. The Balaban J connectivity index is 1.41. The van der Waals surface area contributed by atoms with Crippen LogP contribution in [-0.2, 0) is 11.2 Å². The van der Waals surface area contributed by atoms with Gasteiger partial charge in [0.05, 0.1) is 15.7 Å². The number of fused-ring (bicyclic) bond motifs is 2. The largest absolute Gasteiger partial charge is 0.375 e. The van der Waals surface area contributed by atoms with Crippen LogP contribution in [0.4, 0.5) is 9.52 Å². The lowest BCUT2D eigenvalue weighted by molar-refractivity contribution is -0.116. The Morgan fingerprint density at radius 2 is 2.14 bits per heavy atom. The summed E-state index contributed by atoms with van der Waals surface area (Å²) in [7, 11) is 0. The number of aryl methyl sites for hydroxylation is 2. The average molecular weight is 409 g/mol. The number of aromatic nitrogens is 2. The van der Waals surface area contributed by atoms with E-state index in [0.717, 1.165) is 38.0 Å². The Morgan fingerprint density at radius 1 is 1.31 bits per heavy atom. The molecule has 0 bridgehead atoms. The van der Waals surface area contributed by atoms with Crippen LogP contribution in [0.2, 0.25) is 0 Å². The Bertz CT molecular complexity index is 1250. The maximum absolute atomic E-state index is 14.1. The number of rotatable bonds is 5. The standard InChI is InChI=1S/C22H21FN4OS/c1-12-3-6-16(23)21-20(12)15(13(2)26-21)9-10-25-19(28)8-5-14-4-7-17-18(11-14)29-22(24)27-17/h3-8,11,26H,9-10H2,1-2H3,(H2,24,27)(H,25,28)/b8-5+. The van der Waals surface area contributed by atoms with Crippen LogP contribution in [0.5, 0.6) is 0 Å². The van der Waals surface area contributed by atoms with E-state index in [1.54, 1.807) is 12.1 Å². The van der Waals surface area contributed by atoms with E-state index in [1.807, 2.05) is 32.0 Å². The number of benzene rings is 2. The van der Waals surface area contributed by atoms with Crippen molar-refractivity contribution in [3.63, 3.8) is 0 Å². The summed E-state index contributed by atoms with van der Waals surface area (Å²) in [5, 5.41) is 4.33. The predicted molar refractivity (Wildman–Crippen MR) is 118 cm³/mol. The van der Waals surface area contributed by atoms with Gasteiger partial charge >= 0.3 is 0 Å². The molecule has 5 nitrogen and oxygen atoms in total. The summed E-state index contributed by atoms with van der Waals surface area (Å²) in [5.41, 5.74) is 11.0. The molecule has 0 aliphatic carbocycles. The average Bonchev–Trinajstić information content (AvgIpc) is 3.22. The monoisotopic (exact) mass is 408 g/mol. The highest BCUT2D eigenvalue weighted by Gasteiger charge is 2.13. The van der Waals surface area contributed by atoms with Crippen LogP contribution in [0.1, 0.15) is 22.4 Å². The smallest absolute Gasteiger partial charge is 0.244 e. The Morgan fingerprint density at radius 3 is 2.97 bits per heavy atom. The number of hydrogen-bond acceptors (Lipinski definition) is 4. The number of nitrogens with zero attached hydrogens (tertiary/aromatic N) is 1. The fourth-order valence-corrected chi connectivity index (χ4v) is 4.34. The molecule has 1 amide bonds. The first-order valence-electron chi connectivity index (χ1n) is 9.30. The summed E-state index contributed by atoms with van der Waals surface area (Å²) in [6.07, 6.45) is 3.90. The van der Waals surface area contributed by atoms with Crippen LogP contribution < -0.4 is 11.1 Å². The van der Waals surface area contributed by atoms with E-state index < -0.39 is 0 Å². The predicted octanol–water partition coefficient (Wildman–Crippen LogP) is 4.49. The second kappa shape index (κ2) is 7.67. The normalized spacial score (nSPS) is 11.7. The maximum Gasteiger partial charge on any atom is 0.244 e. The van der Waals surface area contributed by atoms with E-state index in [2.05, 4.69) is 15.3 Å². The molecule has 4 aromatic rings. The van der Waals surface area contributed by atoms with Crippen molar-refractivity contribution in [2.75, 3.05) is 12.3 Å². The van der Waals surface area contributed by atoms with Crippen molar-refractivity contribution < 1.29 is 9.18 Å². The lowest BCUT2D eigenvalue weighted by Gasteiger charge is -2.05. The molecule has 0 fully saturated rings. The molecule has 0 radical (unpaired) electrons. The molecule has 4 N–H and O–H groups in total. The molecule has 0 atom stereocenters. The van der Waals surface area contributed by atoms with E-state index in [4.69, 9.17) is 5.73 Å². The third-order valence-electron chi connectivity index (χ3n) is 4.96. The number of nitrogens with one attached hydrogen (secondary N) is 2. The number of aromatic amines is 1. The number of thiazole rings is 1. The number of H-pyrrole nitrogens is 1. The molecule has 2 heterocycles. The number of nitrogens with two attached hydrogens (primary N) is 1. The fourth-order valence-electron chi connectivity index (χ4n) is 3.56. The molecule has 4 rings (SSSR count). The van der Waals surface area contributed by atoms with Gasteiger partial charge in [-0.25, -0.2) is 9.37 Å². The maximum atomic E-state index is 14.1. The zero-order valence-corrected chi connectivity index (χ0v) is 17.0. The number of hydrogen-bond donors (Lipinski definition) is 3. The molecule has 0 aliphatic rings. The Hall–Kier alpha value is -3.19. The molecule has 0 saturated carbocycles. The molecule has 148 valence electrons. The number of amides is 1. The van der Waals surface area contributed by atoms with Gasteiger partial charge in [-0.1, -0.05) is 23.5 Å². The van der Waals surface area contributed by atoms with Crippen molar-refractivity contribution in [2.45, 2.75) is 20.3 Å². The summed E-state index contributed by atoms with van der Waals surface area (Å²) in [6, 6.07) is 9.00. The van der Waals surface area contributed by atoms with Gasteiger partial charge in [0.25, 0.3) is 0 Å². The lowest BCUT2D eigenvalue weighted by Crippen LogP contribution is -2.23. The second-order valence-corrected chi connectivity index (χ2v) is 8.06. The van der Waals surface area contributed by atoms with Crippen molar-refractivity contribution in [3.8, 4) is 0 Å². The van der Waals surface area contributed by atoms with Gasteiger partial charge in [-0.05, 0) is 61.2 Å². The highest BCUT2D eigenvalue weighted by Crippen LogP contribution is 2.28. The molecule has 0 aliphatic heterocycles. The molecule has 0 saturated heterocycles. The van der Waals surface area contributed by atoms with Crippen LogP contribution in [0.25, 0.3) is 27.2 Å². The molecule has 29 heavy (non-hydrogen) atoms. The SMILES string of the molecule is Cc1[nH]c2c(F)ccc(C)c2c1CCNC(=O)/C=C/c1ccc2nc(N)sc2c1. The van der Waals surface area contributed by atoms with Crippen LogP contribution in [0, 0.1) is 19.7 Å². The van der Waals surface area contributed by atoms with Crippen LogP contribution in [0.3, 0.4) is 0 Å². The van der Waals surface area contributed by atoms with Gasteiger partial charge in [0.2, 0.25) is 5.91 Å². The summed E-state index contributed by atoms with van der Waals surface area (Å²) in [6.45, 7) is 4.36. The van der Waals surface area contributed by atoms with Crippen LogP contribution in [0.15, 0.2) is 36.4 Å². The van der Waals surface area contributed by atoms with Gasteiger partial charge in [0, 0.05) is 23.7 Å². The Labute approximate surface area is 171 Å². The minimum Gasteiger partial charge on any atom is -0.375 e. The quantitative estimate of drug-likeness (QED) is 0.426. The van der Waals surface area contributed by atoms with Gasteiger partial charge in [0.15, 0.2) is 5.13 Å². The molecule has 7 heteroatoms. The van der Waals surface area contributed by atoms with E-state index >= 15 is 0 Å². The molecular weight excluding hydrogens is 387 g/mol. The minimum atomic E-state index is -0.258. The molecule has 2 aromatic heterocycles. The summed E-state index contributed by atoms with van der Waals surface area (Å²) < 4.78 is 15.0. The lowest BCUT2D eigenvalue weighted by atomic mass is 10.0. The van der Waals surface area contributed by atoms with E-state index in [0.29, 0.717) is 23.6 Å². The highest BCUT2D eigenvalue weighted by molar-refractivity contribution is 7.22. The van der Waals surface area contributed by atoms with Crippen molar-refractivity contribution in [1.29, 1.82) is 0 Å². The van der Waals surface area contributed by atoms with Gasteiger partial charge in [-0.3, -0.25) is 4.79 Å². The topological polar surface area (TPSA) is 83.8 Å². The minimum absolute atomic E-state index is 0.172. The van der Waals surface area contributed by atoms with Gasteiger partial charge in [-0.2, -0.15) is 0 Å². The molecule has 2 aromatic carbocycles. The van der Waals surface area contributed by atoms with Gasteiger partial charge in [-0.15, -0.1) is 0 Å². The molecule has 0 spiro atoms. The van der Waals surface area contributed by atoms with Crippen LogP contribution >= 0.6 is 11.3 Å². The number of nitrogen functional groups attached to an aromatic ring is 1. The van der Waals surface area contributed by atoms with Crippen molar-refractivity contribution >= 4 is 49.6 Å². The Kier molecular flexibility index (Phi) is 5.07. The molecule has 0 unspecified atom stereocenters. The third-order valence-corrected chi connectivity index (χ3v) is 5.81. The van der Waals surface area contributed by atoms with E-state index in [9.17, 15) is 9.18 Å². The first-order chi connectivity index (χ1) is 13.9. The highest BCUT2D eigenvalue weighted by atomic mass is 32.1. The molecular formula is C22H21FN4OS. The van der Waals surface area contributed by atoms with Crippen molar-refractivity contribution in [3.05, 3.63) is 64.6 Å². The van der Waals surface area contributed by atoms with Crippen LogP contribution in [-0.4, -0.2) is 22.4 Å². The summed E-state index contributed by atoms with van der Waals surface area (Å²) in [4.78, 5) is 19.5. The van der Waals surface area contributed by atoms with Gasteiger partial charge < -0.3 is 16.0 Å². The zero-order valence-electron chi connectivity index (χ0n) is 16.2. The van der Waals surface area contributed by atoms with Crippen molar-refractivity contribution in [1.82, 2.24) is 15.3 Å². The van der Waals surface area contributed by atoms with E-state index in [1.165, 1.54) is 23.5 Å².